The topological polar surface area (TPSA) is 47.6 Å². The summed E-state index contributed by atoms with van der Waals surface area (Å²) in [6.45, 7) is 0. The molecule has 0 heterocycles. The van der Waals surface area contributed by atoms with E-state index < -0.39 is 0 Å². The molecule has 0 spiro atoms. The van der Waals surface area contributed by atoms with Gasteiger partial charge in [-0.25, -0.2) is 0 Å². The van der Waals surface area contributed by atoms with Crippen LogP contribution in [0.25, 0.3) is 0 Å². The molecule has 1 N–H and O–H groups in total. The normalized spacial score (nSPS) is 10.0. The summed E-state index contributed by atoms with van der Waals surface area (Å²) in [6, 6.07) is 12.5. The van der Waals surface area contributed by atoms with Gasteiger partial charge in [0.25, 0.3) is 5.91 Å². The summed E-state index contributed by atoms with van der Waals surface area (Å²) >= 11 is 5.74. The van der Waals surface area contributed by atoms with Crippen molar-refractivity contribution in [1.29, 1.82) is 0 Å². The predicted molar refractivity (Wildman–Crippen MR) is 83.5 cm³/mol. The zero-order chi connectivity index (χ0) is 15.2. The van der Waals surface area contributed by atoms with E-state index in [0.29, 0.717) is 28.6 Å². The lowest BCUT2D eigenvalue weighted by atomic mass is 10.1. The number of anilines is 1. The van der Waals surface area contributed by atoms with E-state index in [9.17, 15) is 4.79 Å². The van der Waals surface area contributed by atoms with Crippen LogP contribution in [0.2, 0.25) is 0 Å². The Balaban J connectivity index is 2.23. The summed E-state index contributed by atoms with van der Waals surface area (Å²) in [5.74, 6) is 1.11. The highest BCUT2D eigenvalue weighted by Gasteiger charge is 2.16. The largest absolute Gasteiger partial charge is 0.493 e. The lowest BCUT2D eigenvalue weighted by molar-refractivity contribution is 0.102. The fourth-order valence-corrected chi connectivity index (χ4v) is 2.12. The quantitative estimate of drug-likeness (QED) is 0.857. The zero-order valence-electron chi connectivity index (χ0n) is 11.9. The third-order valence-corrected chi connectivity index (χ3v) is 3.32. The molecule has 1 amide bonds. The van der Waals surface area contributed by atoms with Crippen molar-refractivity contribution in [1.82, 2.24) is 0 Å². The Kier molecular flexibility index (Phi) is 5.06. The molecule has 110 valence electrons. The third-order valence-electron chi connectivity index (χ3n) is 3.01. The number of carbonyl (C=O) groups is 1. The minimum absolute atomic E-state index is 0.260. The van der Waals surface area contributed by atoms with Crippen molar-refractivity contribution < 1.29 is 14.3 Å². The SMILES string of the molecule is COc1cccc(C(=O)Nc2ccc(CCl)cc2)c1OC. The number of benzene rings is 2. The molecule has 0 aliphatic heterocycles. The number of rotatable bonds is 5. The van der Waals surface area contributed by atoms with E-state index >= 15 is 0 Å². The van der Waals surface area contributed by atoms with Gasteiger partial charge in [-0.05, 0) is 29.8 Å². The van der Waals surface area contributed by atoms with Crippen LogP contribution in [0.4, 0.5) is 5.69 Å². The molecule has 0 unspecified atom stereocenters. The van der Waals surface area contributed by atoms with E-state index in [0.717, 1.165) is 5.56 Å². The average Bonchev–Trinajstić information content (AvgIpc) is 2.54. The van der Waals surface area contributed by atoms with E-state index in [2.05, 4.69) is 5.32 Å². The smallest absolute Gasteiger partial charge is 0.259 e. The second kappa shape index (κ2) is 6.99. The summed E-state index contributed by atoms with van der Waals surface area (Å²) in [5, 5.41) is 2.82. The minimum atomic E-state index is -0.260. The van der Waals surface area contributed by atoms with Gasteiger partial charge in [0.15, 0.2) is 11.5 Å². The molecular weight excluding hydrogens is 290 g/mol. The van der Waals surface area contributed by atoms with Crippen molar-refractivity contribution >= 4 is 23.2 Å². The fraction of sp³-hybridized carbons (Fsp3) is 0.188. The van der Waals surface area contributed by atoms with Crippen LogP contribution >= 0.6 is 11.6 Å². The highest BCUT2D eigenvalue weighted by Crippen LogP contribution is 2.31. The van der Waals surface area contributed by atoms with Gasteiger partial charge in [0.1, 0.15) is 0 Å². The van der Waals surface area contributed by atoms with Crippen LogP contribution in [0.15, 0.2) is 42.5 Å². The molecule has 0 aliphatic rings. The maximum absolute atomic E-state index is 12.3. The van der Waals surface area contributed by atoms with E-state index in [1.807, 2.05) is 24.3 Å². The Morgan fingerprint density at radius 1 is 1.10 bits per heavy atom. The van der Waals surface area contributed by atoms with Crippen LogP contribution in [-0.2, 0) is 5.88 Å². The molecular formula is C16H16ClNO3. The Morgan fingerprint density at radius 2 is 1.81 bits per heavy atom. The third kappa shape index (κ3) is 3.47. The summed E-state index contributed by atoms with van der Waals surface area (Å²) in [7, 11) is 3.04. The van der Waals surface area contributed by atoms with E-state index in [-0.39, 0.29) is 5.91 Å². The van der Waals surface area contributed by atoms with Gasteiger partial charge in [0.05, 0.1) is 19.8 Å². The highest BCUT2D eigenvalue weighted by molar-refractivity contribution is 6.17. The highest BCUT2D eigenvalue weighted by atomic mass is 35.5. The molecule has 21 heavy (non-hydrogen) atoms. The molecule has 0 fully saturated rings. The van der Waals surface area contributed by atoms with Crippen molar-refractivity contribution in [3.05, 3.63) is 53.6 Å². The number of alkyl halides is 1. The van der Waals surface area contributed by atoms with Crippen molar-refractivity contribution in [2.75, 3.05) is 19.5 Å². The van der Waals surface area contributed by atoms with Gasteiger partial charge in [-0.3, -0.25) is 4.79 Å². The van der Waals surface area contributed by atoms with Gasteiger partial charge in [0.2, 0.25) is 0 Å². The van der Waals surface area contributed by atoms with Gasteiger partial charge < -0.3 is 14.8 Å². The van der Waals surface area contributed by atoms with Gasteiger partial charge in [-0.1, -0.05) is 18.2 Å². The minimum Gasteiger partial charge on any atom is -0.493 e. The number of methoxy groups -OCH3 is 2. The van der Waals surface area contributed by atoms with Crippen molar-refractivity contribution in [2.24, 2.45) is 0 Å². The average molecular weight is 306 g/mol. The first-order valence-corrected chi connectivity index (χ1v) is 6.90. The van der Waals surface area contributed by atoms with Gasteiger partial charge in [0, 0.05) is 11.6 Å². The first kappa shape index (κ1) is 15.2. The lowest BCUT2D eigenvalue weighted by Crippen LogP contribution is -2.13. The zero-order valence-corrected chi connectivity index (χ0v) is 12.6. The van der Waals surface area contributed by atoms with Crippen LogP contribution in [0.3, 0.4) is 0 Å². The summed E-state index contributed by atoms with van der Waals surface area (Å²) in [4.78, 5) is 12.3. The number of carbonyl (C=O) groups excluding carboxylic acids is 1. The van der Waals surface area contributed by atoms with Gasteiger partial charge in [-0.2, -0.15) is 0 Å². The Hall–Kier alpha value is -2.20. The maximum Gasteiger partial charge on any atom is 0.259 e. The van der Waals surface area contributed by atoms with E-state index in [4.69, 9.17) is 21.1 Å². The van der Waals surface area contributed by atoms with E-state index in [1.165, 1.54) is 14.2 Å². The van der Waals surface area contributed by atoms with Crippen LogP contribution in [0.1, 0.15) is 15.9 Å². The molecule has 4 nitrogen and oxygen atoms in total. The van der Waals surface area contributed by atoms with Crippen molar-refractivity contribution in [3.8, 4) is 11.5 Å². The lowest BCUT2D eigenvalue weighted by Gasteiger charge is -2.12. The summed E-state index contributed by atoms with van der Waals surface area (Å²) in [5.41, 5.74) is 2.10. The molecule has 2 rings (SSSR count). The second-order valence-electron chi connectivity index (χ2n) is 4.33. The molecule has 0 aliphatic carbocycles. The first-order chi connectivity index (χ1) is 10.2. The van der Waals surface area contributed by atoms with Crippen LogP contribution in [-0.4, -0.2) is 20.1 Å². The second-order valence-corrected chi connectivity index (χ2v) is 4.59. The number of hydrogen-bond donors (Lipinski definition) is 1. The first-order valence-electron chi connectivity index (χ1n) is 6.37. The standard InChI is InChI=1S/C16H16ClNO3/c1-20-14-5-3-4-13(15(14)21-2)16(19)18-12-8-6-11(10-17)7-9-12/h3-9H,10H2,1-2H3,(H,18,19). The molecule has 0 saturated carbocycles. The molecule has 0 bridgehead atoms. The molecule has 5 heteroatoms. The number of hydrogen-bond acceptors (Lipinski definition) is 3. The number of halogens is 1. The van der Waals surface area contributed by atoms with Crippen LogP contribution in [0.5, 0.6) is 11.5 Å². The molecule has 0 aromatic heterocycles. The summed E-state index contributed by atoms with van der Waals surface area (Å²) < 4.78 is 10.4. The number of para-hydroxylation sites is 1. The van der Waals surface area contributed by atoms with Gasteiger partial charge >= 0.3 is 0 Å². The summed E-state index contributed by atoms with van der Waals surface area (Å²) in [6.07, 6.45) is 0. The maximum atomic E-state index is 12.3. The molecule has 2 aromatic carbocycles. The Morgan fingerprint density at radius 3 is 2.38 bits per heavy atom. The molecule has 0 saturated heterocycles. The van der Waals surface area contributed by atoms with Crippen molar-refractivity contribution in [3.63, 3.8) is 0 Å². The van der Waals surface area contributed by atoms with E-state index in [1.54, 1.807) is 18.2 Å². The monoisotopic (exact) mass is 305 g/mol. The van der Waals surface area contributed by atoms with Crippen molar-refractivity contribution in [2.45, 2.75) is 5.88 Å². The predicted octanol–water partition coefficient (Wildman–Crippen LogP) is 3.69. The molecule has 0 radical (unpaired) electrons. The number of amides is 1. The van der Waals surface area contributed by atoms with Gasteiger partial charge in [-0.15, -0.1) is 11.6 Å². The number of ether oxygens (including phenoxy) is 2. The van der Waals surface area contributed by atoms with Crippen LogP contribution in [0, 0.1) is 0 Å². The Bertz CT molecular complexity index is 626. The van der Waals surface area contributed by atoms with Crippen LogP contribution < -0.4 is 14.8 Å². The molecule has 2 aromatic rings. The molecule has 0 atom stereocenters. The number of nitrogens with one attached hydrogen (secondary N) is 1. The fourth-order valence-electron chi connectivity index (χ4n) is 1.94. The Labute approximate surface area is 128 Å².